The third kappa shape index (κ3) is 3.36. The van der Waals surface area contributed by atoms with E-state index in [2.05, 4.69) is 10.3 Å². The number of benzene rings is 2. The van der Waals surface area contributed by atoms with Gasteiger partial charge in [-0.1, -0.05) is 23.7 Å². The molecule has 3 aromatic rings. The maximum Gasteiger partial charge on any atom is 0.257 e. The number of carbonyl (C=O) groups is 3. The number of likely N-dealkylation sites (tertiary alicyclic amines) is 1. The van der Waals surface area contributed by atoms with E-state index in [9.17, 15) is 14.4 Å². The van der Waals surface area contributed by atoms with Crippen LogP contribution in [0.15, 0.2) is 42.5 Å². The third-order valence-corrected chi connectivity index (χ3v) is 5.01. The molecule has 1 fully saturated rings. The summed E-state index contributed by atoms with van der Waals surface area (Å²) in [5.74, 6) is -0.202. The molecule has 0 saturated carbocycles. The lowest BCUT2D eigenvalue weighted by molar-refractivity contribution is -0.139. The Kier molecular flexibility index (Phi) is 4.60. The first-order valence-electron chi connectivity index (χ1n) is 8.78. The molecule has 1 aliphatic heterocycles. The molecule has 0 aliphatic carbocycles. The Balaban J connectivity index is 1.49. The van der Waals surface area contributed by atoms with Crippen LogP contribution >= 0.6 is 11.6 Å². The van der Waals surface area contributed by atoms with Crippen molar-refractivity contribution in [3.05, 3.63) is 58.6 Å². The standard InChI is InChI=1S/C20H17ClN4O3/c1-24-16-7-6-14(21)10-15(16)22-20(24)23-19(28)13-4-2-12(3-5-13)11-25-17(26)8-9-18(25)27/h2-7,10H,8-9,11H2,1H3,(H,22,23,28). The zero-order chi connectivity index (χ0) is 19.8. The number of aromatic nitrogens is 2. The minimum absolute atomic E-state index is 0.159. The van der Waals surface area contributed by atoms with Crippen molar-refractivity contribution in [2.24, 2.45) is 7.05 Å². The third-order valence-electron chi connectivity index (χ3n) is 4.78. The molecule has 7 nitrogen and oxygen atoms in total. The number of hydrogen-bond acceptors (Lipinski definition) is 4. The Labute approximate surface area is 165 Å². The average Bonchev–Trinajstić information content (AvgIpc) is 3.15. The number of nitrogens with zero attached hydrogens (tertiary/aromatic N) is 3. The molecule has 0 spiro atoms. The first kappa shape index (κ1) is 18.2. The van der Waals surface area contributed by atoms with Crippen molar-refractivity contribution < 1.29 is 14.4 Å². The second-order valence-electron chi connectivity index (χ2n) is 6.65. The van der Waals surface area contributed by atoms with Gasteiger partial charge in [0.1, 0.15) is 0 Å². The van der Waals surface area contributed by atoms with E-state index in [-0.39, 0.29) is 37.1 Å². The van der Waals surface area contributed by atoms with E-state index in [4.69, 9.17) is 11.6 Å². The molecule has 0 radical (unpaired) electrons. The van der Waals surface area contributed by atoms with Gasteiger partial charge >= 0.3 is 0 Å². The summed E-state index contributed by atoms with van der Waals surface area (Å²) in [6.45, 7) is 0.227. The number of nitrogens with one attached hydrogen (secondary N) is 1. The Morgan fingerprint density at radius 3 is 2.46 bits per heavy atom. The van der Waals surface area contributed by atoms with Crippen LogP contribution in [0.25, 0.3) is 11.0 Å². The summed E-state index contributed by atoms with van der Waals surface area (Å²) < 4.78 is 1.78. The maximum atomic E-state index is 12.6. The highest BCUT2D eigenvalue weighted by atomic mass is 35.5. The fourth-order valence-electron chi connectivity index (χ4n) is 3.20. The molecule has 2 heterocycles. The molecule has 0 bridgehead atoms. The van der Waals surface area contributed by atoms with E-state index in [0.29, 0.717) is 22.1 Å². The molecule has 0 atom stereocenters. The van der Waals surface area contributed by atoms with Crippen molar-refractivity contribution in [2.45, 2.75) is 19.4 Å². The van der Waals surface area contributed by atoms with Gasteiger partial charge in [0.15, 0.2) is 0 Å². The normalized spacial score (nSPS) is 14.1. The van der Waals surface area contributed by atoms with Gasteiger partial charge in [-0.25, -0.2) is 4.98 Å². The van der Waals surface area contributed by atoms with Crippen molar-refractivity contribution >= 4 is 46.3 Å². The maximum absolute atomic E-state index is 12.6. The summed E-state index contributed by atoms with van der Waals surface area (Å²) in [6.07, 6.45) is 0.533. The molecular formula is C20H17ClN4O3. The van der Waals surface area contributed by atoms with E-state index in [1.807, 2.05) is 13.1 Å². The predicted molar refractivity (Wildman–Crippen MR) is 105 cm³/mol. The molecule has 4 rings (SSSR count). The fourth-order valence-corrected chi connectivity index (χ4v) is 3.37. The number of imide groups is 1. The number of hydrogen-bond donors (Lipinski definition) is 1. The van der Waals surface area contributed by atoms with Crippen molar-refractivity contribution in [3.63, 3.8) is 0 Å². The Bertz CT molecular complexity index is 1090. The number of fused-ring (bicyclic) bond motifs is 1. The molecule has 3 amide bonds. The summed E-state index contributed by atoms with van der Waals surface area (Å²) in [6, 6.07) is 12.2. The number of imidazole rings is 1. The highest BCUT2D eigenvalue weighted by Crippen LogP contribution is 2.22. The lowest BCUT2D eigenvalue weighted by Crippen LogP contribution is -2.28. The number of rotatable bonds is 4. The van der Waals surface area contributed by atoms with Gasteiger partial charge in [0.25, 0.3) is 5.91 Å². The molecule has 1 aliphatic rings. The Hall–Kier alpha value is -3.19. The molecule has 0 unspecified atom stereocenters. The first-order valence-corrected chi connectivity index (χ1v) is 9.15. The lowest BCUT2D eigenvalue weighted by atomic mass is 10.1. The molecule has 28 heavy (non-hydrogen) atoms. The largest absolute Gasteiger partial charge is 0.313 e. The van der Waals surface area contributed by atoms with Gasteiger partial charge in [-0.2, -0.15) is 0 Å². The van der Waals surface area contributed by atoms with Crippen LogP contribution in [0.3, 0.4) is 0 Å². The van der Waals surface area contributed by atoms with E-state index >= 15 is 0 Å². The molecule has 1 aromatic heterocycles. The Morgan fingerprint density at radius 1 is 1.11 bits per heavy atom. The number of carbonyl (C=O) groups excluding carboxylic acids is 3. The van der Waals surface area contributed by atoms with Gasteiger partial charge in [-0.15, -0.1) is 0 Å². The van der Waals surface area contributed by atoms with Crippen LogP contribution in [-0.2, 0) is 23.2 Å². The fraction of sp³-hybridized carbons (Fsp3) is 0.200. The van der Waals surface area contributed by atoms with E-state index in [0.717, 1.165) is 11.1 Å². The average molecular weight is 397 g/mol. The van der Waals surface area contributed by atoms with Gasteiger partial charge in [0, 0.05) is 30.5 Å². The summed E-state index contributed by atoms with van der Waals surface area (Å²) in [5, 5.41) is 3.37. The number of aryl methyl sites for hydroxylation is 1. The molecule has 1 N–H and O–H groups in total. The summed E-state index contributed by atoms with van der Waals surface area (Å²) >= 11 is 5.99. The van der Waals surface area contributed by atoms with E-state index < -0.39 is 0 Å². The SMILES string of the molecule is Cn1c(NC(=O)c2ccc(CN3C(=O)CCC3=O)cc2)nc2cc(Cl)ccc21. The zero-order valence-corrected chi connectivity index (χ0v) is 15.9. The van der Waals surface area contributed by atoms with Crippen LogP contribution in [0.4, 0.5) is 5.95 Å². The molecule has 1 saturated heterocycles. The van der Waals surface area contributed by atoms with E-state index in [1.54, 1.807) is 41.0 Å². The van der Waals surface area contributed by atoms with Crippen LogP contribution in [0.5, 0.6) is 0 Å². The van der Waals surface area contributed by atoms with Crippen LogP contribution in [0.1, 0.15) is 28.8 Å². The zero-order valence-electron chi connectivity index (χ0n) is 15.1. The Morgan fingerprint density at radius 2 is 1.79 bits per heavy atom. The molecule has 2 aromatic carbocycles. The van der Waals surface area contributed by atoms with Gasteiger partial charge in [-0.05, 0) is 35.9 Å². The quantitative estimate of drug-likeness (QED) is 0.686. The summed E-state index contributed by atoms with van der Waals surface area (Å²) in [5.41, 5.74) is 2.79. The second kappa shape index (κ2) is 7.09. The van der Waals surface area contributed by atoms with Crippen LogP contribution in [0.2, 0.25) is 5.02 Å². The van der Waals surface area contributed by atoms with Crippen LogP contribution in [-0.4, -0.2) is 32.2 Å². The second-order valence-corrected chi connectivity index (χ2v) is 7.09. The number of amides is 3. The van der Waals surface area contributed by atoms with Crippen LogP contribution < -0.4 is 5.32 Å². The van der Waals surface area contributed by atoms with Gasteiger partial charge < -0.3 is 4.57 Å². The van der Waals surface area contributed by atoms with Gasteiger partial charge in [-0.3, -0.25) is 24.6 Å². The highest BCUT2D eigenvalue weighted by Gasteiger charge is 2.28. The van der Waals surface area contributed by atoms with Crippen molar-refractivity contribution in [3.8, 4) is 0 Å². The molecular weight excluding hydrogens is 380 g/mol. The predicted octanol–water partition coefficient (Wildman–Crippen LogP) is 3.13. The number of halogens is 1. The van der Waals surface area contributed by atoms with Crippen molar-refractivity contribution in [2.75, 3.05) is 5.32 Å². The summed E-state index contributed by atoms with van der Waals surface area (Å²) in [4.78, 5) is 41.7. The highest BCUT2D eigenvalue weighted by molar-refractivity contribution is 6.31. The minimum atomic E-state index is -0.302. The van der Waals surface area contributed by atoms with E-state index in [1.165, 1.54) is 4.90 Å². The number of anilines is 1. The van der Waals surface area contributed by atoms with Gasteiger partial charge in [0.05, 0.1) is 17.6 Å². The molecule has 8 heteroatoms. The first-order chi connectivity index (χ1) is 13.4. The van der Waals surface area contributed by atoms with Crippen LogP contribution in [0, 0.1) is 0 Å². The topological polar surface area (TPSA) is 84.3 Å². The lowest BCUT2D eigenvalue weighted by Gasteiger charge is -2.14. The molecule has 142 valence electrons. The summed E-state index contributed by atoms with van der Waals surface area (Å²) in [7, 11) is 1.81. The monoisotopic (exact) mass is 396 g/mol. The van der Waals surface area contributed by atoms with Crippen molar-refractivity contribution in [1.29, 1.82) is 0 Å². The van der Waals surface area contributed by atoms with Gasteiger partial charge in [0.2, 0.25) is 17.8 Å². The minimum Gasteiger partial charge on any atom is -0.313 e. The van der Waals surface area contributed by atoms with Crippen molar-refractivity contribution in [1.82, 2.24) is 14.5 Å². The smallest absolute Gasteiger partial charge is 0.257 e.